The second-order valence-electron chi connectivity index (χ2n) is 5.70. The summed E-state index contributed by atoms with van der Waals surface area (Å²) in [6.07, 6.45) is 5.44. The molecule has 0 radical (unpaired) electrons. The first-order valence-electron chi connectivity index (χ1n) is 7.16. The third kappa shape index (κ3) is 2.69. The van der Waals surface area contributed by atoms with Crippen LogP contribution in [0.3, 0.4) is 0 Å². The van der Waals surface area contributed by atoms with Crippen molar-refractivity contribution in [3.8, 4) is 0 Å². The number of hydrogen-bond acceptors (Lipinski definition) is 4. The van der Waals surface area contributed by atoms with Crippen LogP contribution in [0, 0.1) is 0 Å². The fourth-order valence-electron chi connectivity index (χ4n) is 2.42. The fourth-order valence-corrected chi connectivity index (χ4v) is 2.42. The molecule has 0 spiro atoms. The number of benzene rings is 1. The zero-order valence-corrected chi connectivity index (χ0v) is 12.0. The number of nitrogens with one attached hydrogen (secondary N) is 1. The summed E-state index contributed by atoms with van der Waals surface area (Å²) in [6, 6.07) is 9.88. The molecule has 5 heteroatoms. The van der Waals surface area contributed by atoms with Gasteiger partial charge in [0.1, 0.15) is 0 Å². The highest BCUT2D eigenvalue weighted by Crippen LogP contribution is 2.33. The molecule has 110 valence electrons. The second-order valence-corrected chi connectivity index (χ2v) is 5.70. The molecular formula is C16H19N3O2. The molecule has 1 aromatic heterocycles. The Kier molecular flexibility index (Phi) is 3.51. The van der Waals surface area contributed by atoms with Crippen molar-refractivity contribution in [1.29, 1.82) is 0 Å². The SMILES string of the molecule is CC(CO)(Nc1nccn(C2CC2)c1=O)c1ccccc1. The number of rotatable bonds is 5. The lowest BCUT2D eigenvalue weighted by atomic mass is 9.93. The Balaban J connectivity index is 1.94. The normalized spacial score (nSPS) is 17.2. The average molecular weight is 285 g/mol. The molecule has 1 fully saturated rings. The summed E-state index contributed by atoms with van der Waals surface area (Å²) in [5, 5.41) is 12.9. The predicted octanol–water partition coefficient (Wildman–Crippen LogP) is 1.90. The van der Waals surface area contributed by atoms with Gasteiger partial charge in [-0.2, -0.15) is 0 Å². The minimum Gasteiger partial charge on any atom is -0.394 e. The van der Waals surface area contributed by atoms with Crippen molar-refractivity contribution in [2.45, 2.75) is 31.3 Å². The largest absolute Gasteiger partial charge is 0.394 e. The molecule has 5 nitrogen and oxygen atoms in total. The molecule has 1 atom stereocenters. The van der Waals surface area contributed by atoms with E-state index in [1.165, 1.54) is 0 Å². The quantitative estimate of drug-likeness (QED) is 0.880. The van der Waals surface area contributed by atoms with Crippen LogP contribution in [-0.4, -0.2) is 21.3 Å². The van der Waals surface area contributed by atoms with E-state index in [9.17, 15) is 9.90 Å². The maximum atomic E-state index is 12.4. The number of aliphatic hydroxyl groups is 1. The first kappa shape index (κ1) is 13.8. The zero-order valence-electron chi connectivity index (χ0n) is 12.0. The van der Waals surface area contributed by atoms with Gasteiger partial charge in [0.2, 0.25) is 0 Å². The Labute approximate surface area is 123 Å². The van der Waals surface area contributed by atoms with Gasteiger partial charge in [-0.15, -0.1) is 0 Å². The molecule has 1 heterocycles. The topological polar surface area (TPSA) is 67.2 Å². The molecular weight excluding hydrogens is 266 g/mol. The Morgan fingerprint density at radius 3 is 2.71 bits per heavy atom. The number of hydrogen-bond donors (Lipinski definition) is 2. The van der Waals surface area contributed by atoms with E-state index < -0.39 is 5.54 Å². The van der Waals surface area contributed by atoms with Crippen molar-refractivity contribution in [1.82, 2.24) is 9.55 Å². The number of aromatic nitrogens is 2. The van der Waals surface area contributed by atoms with Crippen molar-refractivity contribution >= 4 is 5.82 Å². The lowest BCUT2D eigenvalue weighted by Crippen LogP contribution is -2.39. The van der Waals surface area contributed by atoms with Gasteiger partial charge in [-0.05, 0) is 25.3 Å². The van der Waals surface area contributed by atoms with Crippen LogP contribution in [0.15, 0.2) is 47.5 Å². The Morgan fingerprint density at radius 2 is 2.10 bits per heavy atom. The van der Waals surface area contributed by atoms with Gasteiger partial charge in [-0.1, -0.05) is 30.3 Å². The zero-order chi connectivity index (χ0) is 14.9. The highest BCUT2D eigenvalue weighted by atomic mass is 16.3. The van der Waals surface area contributed by atoms with Crippen molar-refractivity contribution in [3.05, 3.63) is 58.6 Å². The van der Waals surface area contributed by atoms with E-state index in [1.54, 1.807) is 17.0 Å². The lowest BCUT2D eigenvalue weighted by molar-refractivity contribution is 0.223. The summed E-state index contributed by atoms with van der Waals surface area (Å²) in [7, 11) is 0. The van der Waals surface area contributed by atoms with Crippen LogP contribution >= 0.6 is 0 Å². The maximum absolute atomic E-state index is 12.4. The van der Waals surface area contributed by atoms with Crippen LogP contribution in [0.5, 0.6) is 0 Å². The first-order valence-corrected chi connectivity index (χ1v) is 7.16. The van der Waals surface area contributed by atoms with Crippen molar-refractivity contribution in [2.24, 2.45) is 0 Å². The molecule has 1 aromatic carbocycles. The van der Waals surface area contributed by atoms with E-state index in [4.69, 9.17) is 0 Å². The summed E-state index contributed by atoms with van der Waals surface area (Å²) in [5.74, 6) is 0.282. The number of nitrogens with zero attached hydrogens (tertiary/aromatic N) is 2. The molecule has 0 aliphatic heterocycles. The summed E-state index contributed by atoms with van der Waals surface area (Å²) < 4.78 is 1.72. The highest BCUT2D eigenvalue weighted by Gasteiger charge is 2.29. The fraction of sp³-hybridized carbons (Fsp3) is 0.375. The van der Waals surface area contributed by atoms with Gasteiger partial charge in [0.05, 0.1) is 12.1 Å². The average Bonchev–Trinajstić information content (AvgIpc) is 3.35. The molecule has 3 rings (SSSR count). The highest BCUT2D eigenvalue weighted by molar-refractivity contribution is 5.40. The molecule has 2 aromatic rings. The van der Waals surface area contributed by atoms with Crippen molar-refractivity contribution in [2.75, 3.05) is 11.9 Å². The lowest BCUT2D eigenvalue weighted by Gasteiger charge is -2.29. The van der Waals surface area contributed by atoms with E-state index >= 15 is 0 Å². The smallest absolute Gasteiger partial charge is 0.293 e. The Bertz CT molecular complexity index is 679. The molecule has 21 heavy (non-hydrogen) atoms. The van der Waals surface area contributed by atoms with Crippen LogP contribution in [0.1, 0.15) is 31.4 Å². The minimum atomic E-state index is -0.740. The van der Waals surface area contributed by atoms with Gasteiger partial charge >= 0.3 is 0 Å². The third-order valence-corrected chi connectivity index (χ3v) is 3.93. The van der Waals surface area contributed by atoms with Crippen LogP contribution in [-0.2, 0) is 5.54 Å². The van der Waals surface area contributed by atoms with Gasteiger partial charge in [0.25, 0.3) is 5.56 Å². The van der Waals surface area contributed by atoms with Crippen LogP contribution in [0.2, 0.25) is 0 Å². The van der Waals surface area contributed by atoms with Gasteiger partial charge in [0.15, 0.2) is 5.82 Å². The van der Waals surface area contributed by atoms with E-state index in [1.807, 2.05) is 37.3 Å². The van der Waals surface area contributed by atoms with Crippen molar-refractivity contribution < 1.29 is 5.11 Å². The minimum absolute atomic E-state index is 0.129. The van der Waals surface area contributed by atoms with E-state index in [-0.39, 0.29) is 18.0 Å². The third-order valence-electron chi connectivity index (χ3n) is 3.93. The van der Waals surface area contributed by atoms with Gasteiger partial charge in [-0.25, -0.2) is 4.98 Å². The second kappa shape index (κ2) is 5.33. The monoisotopic (exact) mass is 285 g/mol. The summed E-state index contributed by atoms with van der Waals surface area (Å²) in [4.78, 5) is 16.6. The molecule has 1 saturated carbocycles. The maximum Gasteiger partial charge on any atom is 0.293 e. The number of anilines is 1. The van der Waals surface area contributed by atoms with Gasteiger partial charge in [-0.3, -0.25) is 4.79 Å². The standard InChI is InChI=1S/C16H19N3O2/c1-16(11-20,12-5-3-2-4-6-12)18-14-15(21)19(10-9-17-14)13-7-8-13/h2-6,9-10,13,20H,7-8,11H2,1H3,(H,17,18). The molecule has 0 bridgehead atoms. The van der Waals surface area contributed by atoms with Crippen LogP contribution < -0.4 is 10.9 Å². The summed E-state index contributed by atoms with van der Waals surface area (Å²) in [5.41, 5.74) is 0.0435. The molecule has 1 aliphatic carbocycles. The summed E-state index contributed by atoms with van der Waals surface area (Å²) >= 11 is 0. The van der Waals surface area contributed by atoms with E-state index in [0.717, 1.165) is 18.4 Å². The predicted molar refractivity (Wildman–Crippen MR) is 81.3 cm³/mol. The molecule has 0 amide bonds. The molecule has 1 aliphatic rings. The number of aliphatic hydroxyl groups excluding tert-OH is 1. The Hall–Kier alpha value is -2.14. The molecule has 2 N–H and O–H groups in total. The van der Waals surface area contributed by atoms with Crippen molar-refractivity contribution in [3.63, 3.8) is 0 Å². The van der Waals surface area contributed by atoms with Crippen LogP contribution in [0.25, 0.3) is 0 Å². The van der Waals surface area contributed by atoms with Gasteiger partial charge in [0, 0.05) is 18.4 Å². The van der Waals surface area contributed by atoms with E-state index in [0.29, 0.717) is 6.04 Å². The Morgan fingerprint density at radius 1 is 1.38 bits per heavy atom. The molecule has 0 saturated heterocycles. The first-order chi connectivity index (χ1) is 10.1. The summed E-state index contributed by atoms with van der Waals surface area (Å²) in [6.45, 7) is 1.73. The van der Waals surface area contributed by atoms with E-state index in [2.05, 4.69) is 10.3 Å². The molecule has 1 unspecified atom stereocenters. The van der Waals surface area contributed by atoms with Gasteiger partial charge < -0.3 is 15.0 Å². The van der Waals surface area contributed by atoms with Crippen LogP contribution in [0.4, 0.5) is 5.82 Å².